The highest BCUT2D eigenvalue weighted by Gasteiger charge is 2.57. The average Bonchev–Trinajstić information content (AvgIpc) is 2.96. The summed E-state index contributed by atoms with van der Waals surface area (Å²) in [6.07, 6.45) is 0.248. The van der Waals surface area contributed by atoms with Crippen molar-refractivity contribution in [1.82, 2.24) is 14.7 Å². The minimum atomic E-state index is -1.05. The molecule has 0 aliphatic carbocycles. The van der Waals surface area contributed by atoms with Crippen LogP contribution in [0.25, 0.3) is 0 Å². The molecular weight excluding hydrogens is 422 g/mol. The Kier molecular flexibility index (Phi) is 8.71. The number of nitrogens with zero attached hydrogens (tertiary/aromatic N) is 3. The van der Waals surface area contributed by atoms with Crippen LogP contribution < -0.4 is 0 Å². The highest BCUT2D eigenvalue weighted by Crippen LogP contribution is 2.38. The van der Waals surface area contributed by atoms with Crippen LogP contribution in [0.5, 0.6) is 0 Å². The highest BCUT2D eigenvalue weighted by molar-refractivity contribution is 6.07. The minimum Gasteiger partial charge on any atom is -0.483 e. The van der Waals surface area contributed by atoms with Crippen LogP contribution in [0.15, 0.2) is 30.3 Å². The summed E-state index contributed by atoms with van der Waals surface area (Å²) in [6.45, 7) is 0.185. The first-order chi connectivity index (χ1) is 15.3. The summed E-state index contributed by atoms with van der Waals surface area (Å²) in [4.78, 5) is 61.6. The molecule has 3 N–H and O–H groups in total. The fraction of sp³-hybridized carbons (Fsp3) is 0.476. The molecule has 2 saturated heterocycles. The highest BCUT2D eigenvalue weighted by atomic mass is 16.4. The van der Waals surface area contributed by atoms with Crippen LogP contribution in [-0.2, 0) is 25.7 Å². The van der Waals surface area contributed by atoms with Gasteiger partial charge in [0.1, 0.15) is 5.54 Å². The molecule has 32 heavy (non-hydrogen) atoms. The minimum absolute atomic E-state index is 0.0635. The van der Waals surface area contributed by atoms with Gasteiger partial charge in [-0.15, -0.1) is 0 Å². The Bertz CT molecular complexity index is 837. The molecule has 11 nitrogen and oxygen atoms in total. The van der Waals surface area contributed by atoms with Gasteiger partial charge in [-0.2, -0.15) is 0 Å². The molecule has 2 fully saturated rings. The van der Waals surface area contributed by atoms with Gasteiger partial charge in [-0.25, -0.2) is 4.79 Å². The lowest BCUT2D eigenvalue weighted by Crippen LogP contribution is -2.57. The van der Waals surface area contributed by atoms with E-state index in [0.717, 1.165) is 10.5 Å². The van der Waals surface area contributed by atoms with E-state index in [0.29, 0.717) is 0 Å². The fourth-order valence-electron chi connectivity index (χ4n) is 4.05. The van der Waals surface area contributed by atoms with E-state index in [1.165, 1.54) is 0 Å². The third-order valence-corrected chi connectivity index (χ3v) is 5.62. The molecule has 0 unspecified atom stereocenters. The number of aliphatic carboxylic acids is 1. The number of urea groups is 1. The summed E-state index contributed by atoms with van der Waals surface area (Å²) < 4.78 is 0. The van der Waals surface area contributed by atoms with Gasteiger partial charge < -0.3 is 25.1 Å². The molecule has 0 aromatic heterocycles. The Labute approximate surface area is 184 Å². The number of carboxylic acid groups (broad SMARTS) is 2. The van der Waals surface area contributed by atoms with Crippen LogP contribution in [0.4, 0.5) is 4.79 Å². The third-order valence-electron chi connectivity index (χ3n) is 5.62. The molecule has 0 radical (unpaired) electrons. The number of rotatable bonds is 7. The van der Waals surface area contributed by atoms with E-state index in [-0.39, 0.29) is 76.8 Å². The topological polar surface area (TPSA) is 156 Å². The number of hydrogen-bond donors (Lipinski definition) is 3. The van der Waals surface area contributed by atoms with Crippen molar-refractivity contribution in [2.24, 2.45) is 0 Å². The Balaban J connectivity index is 0.00000114. The Morgan fingerprint density at radius 1 is 1.06 bits per heavy atom. The Hall–Kier alpha value is -3.47. The van der Waals surface area contributed by atoms with Gasteiger partial charge in [0, 0.05) is 26.1 Å². The smallest absolute Gasteiger partial charge is 0.328 e. The van der Waals surface area contributed by atoms with Crippen molar-refractivity contribution in [3.05, 3.63) is 35.9 Å². The number of hydrogen-bond acceptors (Lipinski definition) is 6. The molecule has 174 valence electrons. The zero-order chi connectivity index (χ0) is 23.7. The third kappa shape index (κ3) is 5.41. The molecule has 1 aromatic rings. The van der Waals surface area contributed by atoms with E-state index < -0.39 is 17.5 Å². The van der Waals surface area contributed by atoms with Gasteiger partial charge in [-0.1, -0.05) is 30.3 Å². The van der Waals surface area contributed by atoms with Gasteiger partial charge >= 0.3 is 12.0 Å². The maximum Gasteiger partial charge on any atom is 0.328 e. The molecule has 0 atom stereocenters. The normalized spacial score (nSPS) is 17.2. The summed E-state index contributed by atoms with van der Waals surface area (Å²) >= 11 is 0. The Morgan fingerprint density at radius 2 is 1.66 bits per heavy atom. The summed E-state index contributed by atoms with van der Waals surface area (Å²) in [6, 6.07) is 8.92. The first-order valence-electron chi connectivity index (χ1n) is 10.2. The number of aliphatic hydroxyl groups excluding tert-OH is 1. The first kappa shape index (κ1) is 24.8. The first-order valence-corrected chi connectivity index (χ1v) is 10.2. The summed E-state index contributed by atoms with van der Waals surface area (Å²) in [5.41, 5.74) is -0.162. The maximum atomic E-state index is 13.1. The van der Waals surface area contributed by atoms with Gasteiger partial charge in [0.25, 0.3) is 12.4 Å². The fourth-order valence-corrected chi connectivity index (χ4v) is 4.05. The lowest BCUT2D eigenvalue weighted by molar-refractivity contribution is -0.143. The lowest BCUT2D eigenvalue weighted by atomic mass is 9.85. The van der Waals surface area contributed by atoms with E-state index in [9.17, 15) is 24.3 Å². The van der Waals surface area contributed by atoms with E-state index in [1.54, 1.807) is 9.80 Å². The van der Waals surface area contributed by atoms with Crippen LogP contribution in [0, 0.1) is 0 Å². The van der Waals surface area contributed by atoms with Crippen molar-refractivity contribution in [3.63, 3.8) is 0 Å². The number of carbonyl (C=O) groups is 5. The zero-order valence-electron chi connectivity index (χ0n) is 17.6. The number of amides is 4. The van der Waals surface area contributed by atoms with Crippen molar-refractivity contribution in [2.75, 3.05) is 26.2 Å². The van der Waals surface area contributed by atoms with Crippen molar-refractivity contribution in [3.8, 4) is 0 Å². The van der Waals surface area contributed by atoms with Crippen molar-refractivity contribution < 1.29 is 39.3 Å². The van der Waals surface area contributed by atoms with Crippen LogP contribution >= 0.6 is 0 Å². The number of piperidine rings is 1. The molecule has 1 spiro atoms. The van der Waals surface area contributed by atoms with Gasteiger partial charge in [0.2, 0.25) is 5.91 Å². The van der Waals surface area contributed by atoms with Crippen molar-refractivity contribution in [1.29, 1.82) is 0 Å². The molecule has 11 heteroatoms. The van der Waals surface area contributed by atoms with Gasteiger partial charge in [0.05, 0.1) is 19.6 Å². The standard InChI is InChI=1S/C20H25N3O6.CH2O2/c24-13-12-22-18(28)20(23(19(22)29)14-15-4-2-1-3-5-15)8-10-21(11-9-20)16(25)6-7-17(26)27;2-1-3/h1-5,24H,6-14H2,(H,26,27);1H,(H,2,3). The monoisotopic (exact) mass is 449 g/mol. The average molecular weight is 449 g/mol. The SMILES string of the molecule is O=C(O)CCC(=O)N1CCC2(CC1)C(=O)N(CCO)C(=O)N2Cc1ccccc1.O=CO. The number of benzene rings is 1. The molecule has 0 bridgehead atoms. The second kappa shape index (κ2) is 11.2. The van der Waals surface area contributed by atoms with E-state index >= 15 is 0 Å². The van der Waals surface area contributed by atoms with E-state index in [2.05, 4.69) is 0 Å². The lowest BCUT2D eigenvalue weighted by Gasteiger charge is -2.42. The summed E-state index contributed by atoms with van der Waals surface area (Å²) in [5.74, 6) is -1.64. The van der Waals surface area contributed by atoms with Gasteiger partial charge in [0.15, 0.2) is 0 Å². The van der Waals surface area contributed by atoms with Crippen molar-refractivity contribution >= 4 is 30.3 Å². The summed E-state index contributed by atoms with van der Waals surface area (Å²) in [7, 11) is 0. The van der Waals surface area contributed by atoms with Gasteiger partial charge in [-0.3, -0.25) is 24.1 Å². The van der Waals surface area contributed by atoms with Crippen molar-refractivity contribution in [2.45, 2.75) is 37.8 Å². The molecule has 3 rings (SSSR count). The number of imide groups is 1. The second-order valence-electron chi connectivity index (χ2n) is 7.45. The number of carbonyl (C=O) groups excluding carboxylic acids is 3. The molecule has 2 aliphatic rings. The van der Waals surface area contributed by atoms with Crippen LogP contribution in [0.3, 0.4) is 0 Å². The van der Waals surface area contributed by atoms with E-state index in [4.69, 9.17) is 15.0 Å². The number of carboxylic acids is 1. The van der Waals surface area contributed by atoms with Crippen LogP contribution in [-0.4, -0.2) is 92.1 Å². The predicted octanol–water partition coefficient (Wildman–Crippen LogP) is 0.370. The van der Waals surface area contributed by atoms with Gasteiger partial charge in [-0.05, 0) is 18.4 Å². The predicted molar refractivity (Wildman–Crippen MR) is 110 cm³/mol. The zero-order valence-corrected chi connectivity index (χ0v) is 17.6. The summed E-state index contributed by atoms with van der Waals surface area (Å²) in [5, 5.41) is 24.9. The quantitative estimate of drug-likeness (QED) is 0.398. The number of likely N-dealkylation sites (tertiary alicyclic amines) is 1. The maximum absolute atomic E-state index is 13.1. The number of aliphatic hydroxyl groups is 1. The molecular formula is C21H27N3O8. The van der Waals surface area contributed by atoms with Crippen LogP contribution in [0.1, 0.15) is 31.2 Å². The largest absolute Gasteiger partial charge is 0.483 e. The van der Waals surface area contributed by atoms with E-state index in [1.807, 2.05) is 30.3 Å². The molecule has 2 aliphatic heterocycles. The second-order valence-corrected chi connectivity index (χ2v) is 7.45. The molecule has 4 amide bonds. The molecule has 1 aromatic carbocycles. The molecule has 0 saturated carbocycles. The number of β-amino-alcohol motifs (C(OH)–C–C–N with tert-alkyl or cyclic N) is 1. The molecule has 2 heterocycles. The Morgan fingerprint density at radius 3 is 2.19 bits per heavy atom. The van der Waals surface area contributed by atoms with Crippen LogP contribution in [0.2, 0.25) is 0 Å².